The third-order valence-electron chi connectivity index (χ3n) is 10.4. The summed E-state index contributed by atoms with van der Waals surface area (Å²) in [7, 11) is 0. The minimum absolute atomic E-state index is 0.0235. The van der Waals surface area contributed by atoms with E-state index >= 15 is 0 Å². The van der Waals surface area contributed by atoms with E-state index in [9.17, 15) is 14.1 Å². The van der Waals surface area contributed by atoms with Crippen LogP contribution in [0.2, 0.25) is 0 Å². The highest BCUT2D eigenvalue weighted by Crippen LogP contribution is 2.65. The second-order valence-electron chi connectivity index (χ2n) is 12.8. The van der Waals surface area contributed by atoms with Crippen LogP contribution in [0.1, 0.15) is 80.9 Å². The number of hydrogen-bond acceptors (Lipinski definition) is 7. The molecule has 7 nitrogen and oxygen atoms in total. The van der Waals surface area contributed by atoms with Crippen LogP contribution in [0.15, 0.2) is 42.5 Å². The molecule has 2 saturated carbocycles. The van der Waals surface area contributed by atoms with E-state index in [-0.39, 0.29) is 11.8 Å². The lowest BCUT2D eigenvalue weighted by Crippen LogP contribution is -2.76. The van der Waals surface area contributed by atoms with Gasteiger partial charge < -0.3 is 14.0 Å². The number of unbranched alkanes of at least 4 members (excludes halogenated alkanes) is 3. The molecule has 7 rings (SSSR count). The Labute approximate surface area is 245 Å². The van der Waals surface area contributed by atoms with Crippen LogP contribution in [0.25, 0.3) is 0 Å². The number of nitrogens with zero attached hydrogens (tertiary/aromatic N) is 1. The van der Waals surface area contributed by atoms with Gasteiger partial charge in [0.05, 0.1) is 17.6 Å². The van der Waals surface area contributed by atoms with Gasteiger partial charge in [-0.3, -0.25) is 13.9 Å². The van der Waals surface area contributed by atoms with Gasteiger partial charge in [-0.2, -0.15) is 4.21 Å². The SMILES string of the molecule is O=C1CCC2(O)C3Cc4ccc(OS(=O)OCCCCCCc5ccccc5)c5c4C2(CCN3CCC2CC2)C1O5. The number of ether oxygens (including phenoxy) is 1. The van der Waals surface area contributed by atoms with Gasteiger partial charge in [-0.15, -0.1) is 0 Å². The van der Waals surface area contributed by atoms with Crippen molar-refractivity contribution in [3.8, 4) is 11.5 Å². The van der Waals surface area contributed by atoms with E-state index in [1.54, 1.807) is 6.07 Å². The zero-order valence-corrected chi connectivity index (χ0v) is 24.5. The smallest absolute Gasteiger partial charge is 0.360 e. The average molecular weight is 580 g/mol. The largest absolute Gasteiger partial charge is 0.477 e. The van der Waals surface area contributed by atoms with E-state index in [2.05, 4.69) is 29.2 Å². The van der Waals surface area contributed by atoms with E-state index in [0.717, 1.165) is 68.7 Å². The topological polar surface area (TPSA) is 85.3 Å². The lowest BCUT2D eigenvalue weighted by Gasteiger charge is -2.62. The number of aliphatic hydroxyl groups is 1. The summed E-state index contributed by atoms with van der Waals surface area (Å²) in [5.41, 5.74) is 1.57. The molecule has 2 aliphatic heterocycles. The number of ketones is 1. The van der Waals surface area contributed by atoms with Gasteiger partial charge in [0.2, 0.25) is 0 Å². The summed E-state index contributed by atoms with van der Waals surface area (Å²) in [6, 6.07) is 14.3. The second kappa shape index (κ2) is 11.1. The number of rotatable bonds is 13. The summed E-state index contributed by atoms with van der Waals surface area (Å²) >= 11 is -1.98. The number of benzene rings is 2. The number of carbonyl (C=O) groups excluding carboxylic acids is 1. The number of Topliss-reactive ketones (excluding diaryl/α,β-unsaturated/α-hetero) is 1. The Balaban J connectivity index is 1.01. The fourth-order valence-electron chi connectivity index (χ4n) is 8.14. The second-order valence-corrected chi connectivity index (χ2v) is 13.6. The van der Waals surface area contributed by atoms with Crippen molar-refractivity contribution < 1.29 is 27.2 Å². The maximum absolute atomic E-state index is 13.3. The summed E-state index contributed by atoms with van der Waals surface area (Å²) in [5, 5.41) is 12.4. The van der Waals surface area contributed by atoms with E-state index in [1.807, 2.05) is 12.1 Å². The van der Waals surface area contributed by atoms with Crippen LogP contribution < -0.4 is 8.92 Å². The fourth-order valence-corrected chi connectivity index (χ4v) is 8.72. The van der Waals surface area contributed by atoms with Gasteiger partial charge in [0.15, 0.2) is 23.4 Å². The van der Waals surface area contributed by atoms with Crippen molar-refractivity contribution in [1.82, 2.24) is 4.90 Å². The quantitative estimate of drug-likeness (QED) is 0.335. The Hall–Kier alpha value is -2.26. The third-order valence-corrected chi connectivity index (χ3v) is 11.1. The van der Waals surface area contributed by atoms with E-state index in [0.29, 0.717) is 37.4 Å². The van der Waals surface area contributed by atoms with Crippen molar-refractivity contribution >= 4 is 17.1 Å². The number of carbonyl (C=O) groups is 1. The molecular formula is C33H41NO6S. The lowest BCUT2D eigenvalue weighted by atomic mass is 9.49. The molecule has 3 aliphatic carbocycles. The van der Waals surface area contributed by atoms with Gasteiger partial charge in [-0.1, -0.05) is 62.1 Å². The van der Waals surface area contributed by atoms with Crippen LogP contribution in [-0.2, 0) is 38.6 Å². The zero-order chi connectivity index (χ0) is 28.0. The van der Waals surface area contributed by atoms with E-state index < -0.39 is 28.5 Å². The number of aryl methyl sites for hydroxylation is 1. The molecule has 1 spiro atoms. The molecule has 0 radical (unpaired) electrons. The van der Waals surface area contributed by atoms with Gasteiger partial charge in [0.25, 0.3) is 0 Å². The number of hydrogen-bond donors (Lipinski definition) is 1. The molecule has 41 heavy (non-hydrogen) atoms. The molecule has 5 atom stereocenters. The first-order valence-corrected chi connectivity index (χ1v) is 16.6. The molecule has 1 N–H and O–H groups in total. The van der Waals surface area contributed by atoms with Crippen molar-refractivity contribution in [2.75, 3.05) is 19.7 Å². The Morgan fingerprint density at radius 2 is 1.88 bits per heavy atom. The van der Waals surface area contributed by atoms with Crippen LogP contribution in [0.5, 0.6) is 11.5 Å². The molecule has 5 unspecified atom stereocenters. The molecule has 2 bridgehead atoms. The number of likely N-dealkylation sites (tertiary alicyclic amines) is 1. The van der Waals surface area contributed by atoms with Crippen molar-refractivity contribution in [2.24, 2.45) is 5.92 Å². The first kappa shape index (κ1) is 27.6. The third kappa shape index (κ3) is 4.85. The normalized spacial score (nSPS) is 30.5. The first-order chi connectivity index (χ1) is 20.0. The Bertz CT molecular complexity index is 1310. The van der Waals surface area contributed by atoms with Crippen molar-refractivity contribution in [1.29, 1.82) is 0 Å². The molecule has 3 fully saturated rings. The molecule has 2 aromatic carbocycles. The molecule has 220 valence electrons. The van der Waals surface area contributed by atoms with Gasteiger partial charge in [-0.05, 0) is 81.1 Å². The van der Waals surface area contributed by atoms with Crippen LogP contribution in [0.3, 0.4) is 0 Å². The predicted molar refractivity (Wildman–Crippen MR) is 156 cm³/mol. The van der Waals surface area contributed by atoms with Crippen molar-refractivity contribution in [3.63, 3.8) is 0 Å². The van der Waals surface area contributed by atoms with Crippen LogP contribution >= 0.6 is 0 Å². The van der Waals surface area contributed by atoms with Crippen molar-refractivity contribution in [3.05, 3.63) is 59.2 Å². The van der Waals surface area contributed by atoms with Gasteiger partial charge >= 0.3 is 11.4 Å². The summed E-state index contributed by atoms with van der Waals surface area (Å²) in [6.07, 6.45) is 10.4. The van der Waals surface area contributed by atoms with Crippen LogP contribution in [0, 0.1) is 5.92 Å². The highest BCUT2D eigenvalue weighted by Gasteiger charge is 2.73. The maximum atomic E-state index is 13.3. The molecule has 1 saturated heterocycles. The summed E-state index contributed by atoms with van der Waals surface area (Å²) < 4.78 is 30.5. The zero-order valence-electron chi connectivity index (χ0n) is 23.7. The summed E-state index contributed by atoms with van der Waals surface area (Å²) in [5.74, 6) is 1.68. The highest BCUT2D eigenvalue weighted by molar-refractivity contribution is 7.75. The molecule has 8 heteroatoms. The van der Waals surface area contributed by atoms with E-state index in [4.69, 9.17) is 13.1 Å². The minimum Gasteiger partial charge on any atom is -0.477 e. The Morgan fingerprint density at radius 3 is 2.71 bits per heavy atom. The average Bonchev–Trinajstić information content (AvgIpc) is 3.73. The monoisotopic (exact) mass is 579 g/mol. The lowest BCUT2D eigenvalue weighted by molar-refractivity contribution is -0.188. The van der Waals surface area contributed by atoms with Gasteiger partial charge in [-0.25, -0.2) is 0 Å². The van der Waals surface area contributed by atoms with Crippen LogP contribution in [0.4, 0.5) is 0 Å². The first-order valence-electron chi connectivity index (χ1n) is 15.6. The Morgan fingerprint density at radius 1 is 1.05 bits per heavy atom. The van der Waals surface area contributed by atoms with Crippen LogP contribution in [-0.4, -0.2) is 57.4 Å². The molecule has 5 aliphatic rings. The minimum atomic E-state index is -1.98. The predicted octanol–water partition coefficient (Wildman–Crippen LogP) is 4.99. The van der Waals surface area contributed by atoms with E-state index in [1.165, 1.54) is 24.8 Å². The fraction of sp³-hybridized carbons (Fsp3) is 0.606. The molecule has 2 aromatic rings. The Kier molecular flexibility index (Phi) is 7.46. The molecule has 0 amide bonds. The highest BCUT2D eigenvalue weighted by atomic mass is 32.2. The molecule has 0 aromatic heterocycles. The van der Waals surface area contributed by atoms with Gasteiger partial charge in [0.1, 0.15) is 0 Å². The summed E-state index contributed by atoms with van der Waals surface area (Å²) in [4.78, 5) is 15.7. The summed E-state index contributed by atoms with van der Waals surface area (Å²) in [6.45, 7) is 2.19. The maximum Gasteiger partial charge on any atom is 0.360 e. The molecular weight excluding hydrogens is 538 g/mol. The number of piperidine rings is 1. The molecule has 2 heterocycles. The van der Waals surface area contributed by atoms with Gasteiger partial charge in [0, 0.05) is 18.0 Å². The standard InChI is InChI=1S/C33H41NO6S/c35-26-15-17-33(36)28-22-25-13-14-27(40-41(37)38-21-7-2-1-4-8-23-9-5-3-6-10-23)30-29(25)32(33,31(26)39-30)18-20-34(28)19-16-24-11-12-24/h3,5-6,9-10,13-14,24,28,31,36H,1-2,4,7-8,11-12,15-22H2. The van der Waals surface area contributed by atoms with Crippen molar-refractivity contribution in [2.45, 2.75) is 100 Å².